The van der Waals surface area contributed by atoms with Crippen LogP contribution in [0.4, 0.5) is 0 Å². The summed E-state index contributed by atoms with van der Waals surface area (Å²) in [4.78, 5) is 4.59. The predicted octanol–water partition coefficient (Wildman–Crippen LogP) is 1.09. The third-order valence-corrected chi connectivity index (χ3v) is 2.39. The monoisotopic (exact) mass is 209 g/mol. The Hall–Kier alpha value is -1.00. The summed E-state index contributed by atoms with van der Waals surface area (Å²) in [5, 5.41) is 3.28. The molecule has 0 aliphatic carbocycles. The first-order valence-electron chi connectivity index (χ1n) is 4.59. The summed E-state index contributed by atoms with van der Waals surface area (Å²) in [5.74, 6) is 0.238. The Balaban J connectivity index is 2.26. The molecule has 0 aliphatic rings. The topological polar surface area (TPSA) is 50.9 Å². The van der Waals surface area contributed by atoms with Gasteiger partial charge >= 0.3 is 0 Å². The smallest absolute Gasteiger partial charge is 0.0768 e. The molecule has 1 aromatic rings. The Kier molecular flexibility index (Phi) is 4.49. The largest absolute Gasteiger partial charge is 0.393 e. The number of aromatic nitrogens is 1. The molecule has 76 valence electrons. The molecule has 1 atom stereocenters. The van der Waals surface area contributed by atoms with Crippen molar-refractivity contribution in [1.29, 1.82) is 0 Å². The summed E-state index contributed by atoms with van der Waals surface area (Å²) >= 11 is 4.87. The second kappa shape index (κ2) is 5.67. The molecule has 0 spiro atoms. The van der Waals surface area contributed by atoms with Crippen molar-refractivity contribution in [3.05, 3.63) is 30.1 Å². The molecule has 1 unspecified atom stereocenters. The molecule has 3 nitrogen and oxygen atoms in total. The number of thiocarbonyl (C=S) groups is 1. The maximum absolute atomic E-state index is 5.49. The van der Waals surface area contributed by atoms with E-state index in [1.165, 1.54) is 5.56 Å². The molecule has 1 rings (SSSR count). The Labute approximate surface area is 89.7 Å². The van der Waals surface area contributed by atoms with E-state index in [9.17, 15) is 0 Å². The third-order valence-electron chi connectivity index (χ3n) is 1.99. The van der Waals surface area contributed by atoms with E-state index in [0.717, 1.165) is 13.1 Å². The highest BCUT2D eigenvalue weighted by atomic mass is 32.1. The van der Waals surface area contributed by atoms with Gasteiger partial charge in [0.1, 0.15) is 0 Å². The summed E-state index contributed by atoms with van der Waals surface area (Å²) < 4.78 is 0. The van der Waals surface area contributed by atoms with Crippen LogP contribution in [0.15, 0.2) is 24.5 Å². The first kappa shape index (κ1) is 11.1. The first-order valence-corrected chi connectivity index (χ1v) is 5.00. The van der Waals surface area contributed by atoms with Gasteiger partial charge in [-0.15, -0.1) is 0 Å². The number of pyridine rings is 1. The number of hydrogen-bond donors (Lipinski definition) is 2. The maximum Gasteiger partial charge on any atom is 0.0768 e. The third kappa shape index (κ3) is 3.81. The zero-order chi connectivity index (χ0) is 10.4. The van der Waals surface area contributed by atoms with Gasteiger partial charge in [0, 0.05) is 31.4 Å². The number of nitrogens with zero attached hydrogens (tertiary/aromatic N) is 1. The lowest BCUT2D eigenvalue weighted by molar-refractivity contribution is 0.616. The van der Waals surface area contributed by atoms with E-state index in [1.807, 2.05) is 25.3 Å². The fraction of sp³-hybridized carbons (Fsp3) is 0.400. The summed E-state index contributed by atoms with van der Waals surface area (Å²) in [6.45, 7) is 3.63. The standard InChI is InChI=1S/C10H15N3S/c1-8(10(11)14)5-13-7-9-3-2-4-12-6-9/h2-4,6,8,13H,5,7H2,1H3,(H2,11,14). The van der Waals surface area contributed by atoms with Crippen molar-refractivity contribution in [2.24, 2.45) is 11.7 Å². The van der Waals surface area contributed by atoms with Crippen LogP contribution >= 0.6 is 12.2 Å². The van der Waals surface area contributed by atoms with Gasteiger partial charge in [-0.05, 0) is 11.6 Å². The van der Waals surface area contributed by atoms with E-state index in [4.69, 9.17) is 18.0 Å². The number of rotatable bonds is 5. The lowest BCUT2D eigenvalue weighted by atomic mass is 10.2. The Morgan fingerprint density at radius 1 is 1.71 bits per heavy atom. The summed E-state index contributed by atoms with van der Waals surface area (Å²) in [6.07, 6.45) is 3.61. The highest BCUT2D eigenvalue weighted by Gasteiger charge is 2.03. The molecule has 0 amide bonds. The summed E-state index contributed by atoms with van der Waals surface area (Å²) in [5.41, 5.74) is 6.66. The molecule has 1 aromatic heterocycles. The average Bonchev–Trinajstić information content (AvgIpc) is 2.19. The molecular weight excluding hydrogens is 194 g/mol. The van der Waals surface area contributed by atoms with Crippen molar-refractivity contribution in [1.82, 2.24) is 10.3 Å². The molecule has 0 saturated carbocycles. The van der Waals surface area contributed by atoms with E-state index >= 15 is 0 Å². The fourth-order valence-electron chi connectivity index (χ4n) is 1.04. The van der Waals surface area contributed by atoms with Crippen molar-refractivity contribution in [3.8, 4) is 0 Å². The molecule has 14 heavy (non-hydrogen) atoms. The number of hydrogen-bond acceptors (Lipinski definition) is 3. The lowest BCUT2D eigenvalue weighted by Crippen LogP contribution is -2.29. The van der Waals surface area contributed by atoms with E-state index < -0.39 is 0 Å². The van der Waals surface area contributed by atoms with Crippen LogP contribution in [-0.2, 0) is 6.54 Å². The highest BCUT2D eigenvalue weighted by Crippen LogP contribution is 1.96. The van der Waals surface area contributed by atoms with Crippen LogP contribution in [0.25, 0.3) is 0 Å². The zero-order valence-electron chi connectivity index (χ0n) is 8.23. The van der Waals surface area contributed by atoms with Gasteiger partial charge < -0.3 is 11.1 Å². The maximum atomic E-state index is 5.49. The molecule has 4 heteroatoms. The molecule has 0 aromatic carbocycles. The van der Waals surface area contributed by atoms with Crippen LogP contribution in [0.1, 0.15) is 12.5 Å². The second-order valence-electron chi connectivity index (χ2n) is 3.30. The average molecular weight is 209 g/mol. The van der Waals surface area contributed by atoms with Crippen LogP contribution < -0.4 is 11.1 Å². The normalized spacial score (nSPS) is 12.4. The Morgan fingerprint density at radius 3 is 3.07 bits per heavy atom. The van der Waals surface area contributed by atoms with Crippen molar-refractivity contribution in [2.45, 2.75) is 13.5 Å². The summed E-state index contributed by atoms with van der Waals surface area (Å²) in [7, 11) is 0. The van der Waals surface area contributed by atoms with E-state index in [2.05, 4.69) is 10.3 Å². The van der Waals surface area contributed by atoms with Crippen molar-refractivity contribution in [3.63, 3.8) is 0 Å². The highest BCUT2D eigenvalue weighted by molar-refractivity contribution is 7.80. The van der Waals surface area contributed by atoms with Gasteiger partial charge in [0.2, 0.25) is 0 Å². The van der Waals surface area contributed by atoms with Crippen LogP contribution in [0.3, 0.4) is 0 Å². The molecule has 0 radical (unpaired) electrons. The van der Waals surface area contributed by atoms with Crippen LogP contribution in [-0.4, -0.2) is 16.5 Å². The Bertz CT molecular complexity index is 287. The SMILES string of the molecule is CC(CNCc1cccnc1)C(N)=S. The Morgan fingerprint density at radius 2 is 2.50 bits per heavy atom. The van der Waals surface area contributed by atoms with Crippen molar-refractivity contribution < 1.29 is 0 Å². The molecule has 0 aliphatic heterocycles. The number of nitrogens with two attached hydrogens (primary N) is 1. The van der Waals surface area contributed by atoms with Crippen LogP contribution in [0.2, 0.25) is 0 Å². The first-order chi connectivity index (χ1) is 6.70. The van der Waals surface area contributed by atoms with Crippen LogP contribution in [0, 0.1) is 5.92 Å². The molecule has 1 heterocycles. The quantitative estimate of drug-likeness (QED) is 0.713. The molecule has 0 bridgehead atoms. The van der Waals surface area contributed by atoms with E-state index in [0.29, 0.717) is 4.99 Å². The lowest BCUT2D eigenvalue weighted by Gasteiger charge is -2.10. The molecule has 0 fully saturated rings. The van der Waals surface area contributed by atoms with Crippen molar-refractivity contribution in [2.75, 3.05) is 6.54 Å². The minimum absolute atomic E-state index is 0.238. The molecular formula is C10H15N3S. The van der Waals surface area contributed by atoms with Gasteiger partial charge in [-0.2, -0.15) is 0 Å². The second-order valence-corrected chi connectivity index (χ2v) is 3.77. The van der Waals surface area contributed by atoms with Crippen molar-refractivity contribution >= 4 is 17.2 Å². The van der Waals surface area contributed by atoms with Gasteiger partial charge in [-0.25, -0.2) is 0 Å². The zero-order valence-corrected chi connectivity index (χ0v) is 9.05. The van der Waals surface area contributed by atoms with Gasteiger partial charge in [-0.1, -0.05) is 25.2 Å². The van der Waals surface area contributed by atoms with Gasteiger partial charge in [0.25, 0.3) is 0 Å². The van der Waals surface area contributed by atoms with Gasteiger partial charge in [0.05, 0.1) is 4.99 Å². The van der Waals surface area contributed by atoms with E-state index in [-0.39, 0.29) is 5.92 Å². The van der Waals surface area contributed by atoms with E-state index in [1.54, 1.807) is 6.20 Å². The molecule has 3 N–H and O–H groups in total. The molecule has 0 saturated heterocycles. The van der Waals surface area contributed by atoms with Gasteiger partial charge in [0.15, 0.2) is 0 Å². The van der Waals surface area contributed by atoms with Gasteiger partial charge in [-0.3, -0.25) is 4.98 Å². The fourth-order valence-corrected chi connectivity index (χ4v) is 1.12. The number of nitrogens with one attached hydrogen (secondary N) is 1. The summed E-state index contributed by atoms with van der Waals surface area (Å²) in [6, 6.07) is 3.96. The minimum Gasteiger partial charge on any atom is -0.393 e. The van der Waals surface area contributed by atoms with Crippen LogP contribution in [0.5, 0.6) is 0 Å². The minimum atomic E-state index is 0.238. The predicted molar refractivity (Wildman–Crippen MR) is 61.9 cm³/mol.